The molecule has 2 aliphatic heterocycles. The molecule has 2 aliphatic rings. The first-order valence-corrected chi connectivity index (χ1v) is 9.52. The number of benzene rings is 2. The Morgan fingerprint density at radius 3 is 3.04 bits per heavy atom. The van der Waals surface area contributed by atoms with Gasteiger partial charge < -0.3 is 24.1 Å². The van der Waals surface area contributed by atoms with Gasteiger partial charge in [-0.25, -0.2) is 9.78 Å². The average molecular weight is 379 g/mol. The summed E-state index contributed by atoms with van der Waals surface area (Å²) in [6.45, 7) is 3.58. The van der Waals surface area contributed by atoms with E-state index >= 15 is 0 Å². The van der Waals surface area contributed by atoms with Crippen LogP contribution in [0.2, 0.25) is 0 Å². The van der Waals surface area contributed by atoms with Gasteiger partial charge in [-0.3, -0.25) is 0 Å². The number of oxazole rings is 1. The normalized spacial score (nSPS) is 18.5. The van der Waals surface area contributed by atoms with Gasteiger partial charge in [-0.15, -0.1) is 0 Å². The second-order valence-corrected chi connectivity index (χ2v) is 7.07. The number of aromatic nitrogens is 1. The number of anilines is 1. The van der Waals surface area contributed by atoms with Crippen LogP contribution >= 0.6 is 0 Å². The highest BCUT2D eigenvalue weighted by atomic mass is 16.6. The molecular weight excluding hydrogens is 358 g/mol. The molecule has 0 bridgehead atoms. The Morgan fingerprint density at radius 1 is 1.21 bits per heavy atom. The monoisotopic (exact) mass is 379 g/mol. The second-order valence-electron chi connectivity index (χ2n) is 7.07. The number of fused-ring (bicyclic) bond motifs is 2. The van der Waals surface area contributed by atoms with Gasteiger partial charge in [-0.2, -0.15) is 0 Å². The Kier molecular flexibility index (Phi) is 4.07. The van der Waals surface area contributed by atoms with Crippen LogP contribution in [0.5, 0.6) is 11.5 Å². The van der Waals surface area contributed by atoms with Crippen molar-refractivity contribution >= 4 is 22.8 Å². The van der Waals surface area contributed by atoms with Crippen molar-refractivity contribution in [2.24, 2.45) is 0 Å². The zero-order chi connectivity index (χ0) is 19.1. The lowest BCUT2D eigenvalue weighted by atomic mass is 10.0. The van der Waals surface area contributed by atoms with Crippen molar-refractivity contribution in [3.05, 3.63) is 47.9 Å². The van der Waals surface area contributed by atoms with E-state index in [1.807, 2.05) is 41.3 Å². The van der Waals surface area contributed by atoms with E-state index in [1.54, 1.807) is 6.92 Å². The van der Waals surface area contributed by atoms with Crippen LogP contribution in [0.25, 0.3) is 11.1 Å². The maximum Gasteiger partial charge on any atom is 0.322 e. The Bertz CT molecular complexity index is 1050. The number of amides is 2. The maximum absolute atomic E-state index is 13.0. The number of hydrogen-bond acceptors (Lipinski definition) is 5. The van der Waals surface area contributed by atoms with Crippen LogP contribution in [0, 0.1) is 6.92 Å². The first-order valence-electron chi connectivity index (χ1n) is 9.52. The maximum atomic E-state index is 13.0. The third kappa shape index (κ3) is 2.93. The standard InChI is InChI=1S/C21H21N3O4/c1-13-22-16-12-14(7-8-18(16)28-13)23-21(25)24-9-3-5-17(24)15-4-2-6-19-20(15)27-11-10-26-19/h2,4,6-8,12,17H,3,5,9-11H2,1H3,(H,23,25). The summed E-state index contributed by atoms with van der Waals surface area (Å²) < 4.78 is 17.1. The minimum absolute atomic E-state index is 0.0327. The quantitative estimate of drug-likeness (QED) is 0.719. The predicted molar refractivity (Wildman–Crippen MR) is 104 cm³/mol. The van der Waals surface area contributed by atoms with E-state index in [1.165, 1.54) is 0 Å². The van der Waals surface area contributed by atoms with Crippen molar-refractivity contribution < 1.29 is 18.7 Å². The van der Waals surface area contributed by atoms with Crippen LogP contribution in [0.15, 0.2) is 40.8 Å². The Hall–Kier alpha value is -3.22. The summed E-state index contributed by atoms with van der Waals surface area (Å²) in [5.74, 6) is 2.12. The van der Waals surface area contributed by atoms with Gasteiger partial charge >= 0.3 is 6.03 Å². The first-order chi connectivity index (χ1) is 13.7. The van der Waals surface area contributed by atoms with E-state index in [0.717, 1.165) is 35.4 Å². The zero-order valence-corrected chi connectivity index (χ0v) is 15.6. The van der Waals surface area contributed by atoms with Gasteiger partial charge in [0.15, 0.2) is 23.0 Å². The number of carbonyl (C=O) groups is 1. The molecule has 1 atom stereocenters. The Morgan fingerprint density at radius 2 is 2.11 bits per heavy atom. The summed E-state index contributed by atoms with van der Waals surface area (Å²) in [6.07, 6.45) is 1.85. The number of aryl methyl sites for hydroxylation is 1. The average Bonchev–Trinajstić information content (AvgIpc) is 3.33. The summed E-state index contributed by atoms with van der Waals surface area (Å²) in [5, 5.41) is 3.00. The molecule has 1 unspecified atom stereocenters. The van der Waals surface area contributed by atoms with Crippen LogP contribution in [0.3, 0.4) is 0 Å². The fourth-order valence-electron chi connectivity index (χ4n) is 4.01. The van der Waals surface area contributed by atoms with Crippen LogP contribution in [0.4, 0.5) is 10.5 Å². The zero-order valence-electron chi connectivity index (χ0n) is 15.6. The lowest BCUT2D eigenvalue weighted by Crippen LogP contribution is -2.34. The van der Waals surface area contributed by atoms with Crippen molar-refractivity contribution in [2.75, 3.05) is 25.1 Å². The third-order valence-electron chi connectivity index (χ3n) is 5.22. The molecule has 1 fully saturated rings. The van der Waals surface area contributed by atoms with Crippen LogP contribution in [-0.4, -0.2) is 35.7 Å². The highest BCUT2D eigenvalue weighted by molar-refractivity contribution is 5.92. The molecule has 5 rings (SSSR count). The molecule has 3 aromatic rings. The summed E-state index contributed by atoms with van der Waals surface area (Å²) >= 11 is 0. The van der Waals surface area contributed by atoms with E-state index in [4.69, 9.17) is 13.9 Å². The lowest BCUT2D eigenvalue weighted by molar-refractivity contribution is 0.165. The van der Waals surface area contributed by atoms with Crippen LogP contribution < -0.4 is 14.8 Å². The molecule has 0 spiro atoms. The van der Waals surface area contributed by atoms with Gasteiger partial charge in [0, 0.05) is 24.7 Å². The second kappa shape index (κ2) is 6.74. The molecule has 2 aromatic carbocycles. The van der Waals surface area contributed by atoms with Crippen molar-refractivity contribution in [1.29, 1.82) is 0 Å². The van der Waals surface area contributed by atoms with Gasteiger partial charge in [-0.05, 0) is 37.1 Å². The fraction of sp³-hybridized carbons (Fsp3) is 0.333. The van der Waals surface area contributed by atoms with Gasteiger partial charge in [0.1, 0.15) is 18.7 Å². The molecule has 1 aromatic heterocycles. The number of likely N-dealkylation sites (tertiary alicyclic amines) is 1. The van der Waals surface area contributed by atoms with E-state index < -0.39 is 0 Å². The largest absolute Gasteiger partial charge is 0.486 e. The summed E-state index contributed by atoms with van der Waals surface area (Å²) in [6, 6.07) is 11.2. The molecule has 144 valence electrons. The Balaban J connectivity index is 1.39. The van der Waals surface area contributed by atoms with Crippen LogP contribution in [0.1, 0.15) is 30.3 Å². The highest BCUT2D eigenvalue weighted by Gasteiger charge is 2.33. The van der Waals surface area contributed by atoms with Gasteiger partial charge in [-0.1, -0.05) is 12.1 Å². The van der Waals surface area contributed by atoms with Gasteiger partial charge in [0.25, 0.3) is 0 Å². The molecule has 28 heavy (non-hydrogen) atoms. The number of hydrogen-bond donors (Lipinski definition) is 1. The van der Waals surface area contributed by atoms with E-state index in [2.05, 4.69) is 10.3 Å². The van der Waals surface area contributed by atoms with E-state index in [-0.39, 0.29) is 12.1 Å². The van der Waals surface area contributed by atoms with E-state index in [9.17, 15) is 4.79 Å². The molecule has 2 amide bonds. The summed E-state index contributed by atoms with van der Waals surface area (Å²) in [5.41, 5.74) is 3.15. The molecule has 7 heteroatoms. The lowest BCUT2D eigenvalue weighted by Gasteiger charge is -2.29. The number of nitrogens with zero attached hydrogens (tertiary/aromatic N) is 2. The predicted octanol–water partition coefficient (Wildman–Crippen LogP) is 4.28. The van der Waals surface area contributed by atoms with Crippen molar-refractivity contribution in [1.82, 2.24) is 9.88 Å². The van der Waals surface area contributed by atoms with Gasteiger partial charge in [0.05, 0.1) is 6.04 Å². The molecule has 0 saturated carbocycles. The van der Waals surface area contributed by atoms with E-state index in [0.29, 0.717) is 36.9 Å². The fourth-order valence-corrected chi connectivity index (χ4v) is 4.01. The van der Waals surface area contributed by atoms with Crippen molar-refractivity contribution in [2.45, 2.75) is 25.8 Å². The number of nitrogens with one attached hydrogen (secondary N) is 1. The number of carbonyl (C=O) groups excluding carboxylic acids is 1. The summed E-state index contributed by atoms with van der Waals surface area (Å²) in [4.78, 5) is 19.2. The minimum Gasteiger partial charge on any atom is -0.486 e. The smallest absolute Gasteiger partial charge is 0.322 e. The molecular formula is C21H21N3O4. The minimum atomic E-state index is -0.128. The topological polar surface area (TPSA) is 76.8 Å². The molecule has 3 heterocycles. The highest BCUT2D eigenvalue weighted by Crippen LogP contribution is 2.42. The molecule has 1 saturated heterocycles. The number of rotatable bonds is 2. The first kappa shape index (κ1) is 16.9. The number of ether oxygens (including phenoxy) is 2. The van der Waals surface area contributed by atoms with Crippen molar-refractivity contribution in [3.63, 3.8) is 0 Å². The molecule has 7 nitrogen and oxygen atoms in total. The molecule has 0 radical (unpaired) electrons. The number of para-hydroxylation sites is 1. The number of urea groups is 1. The molecule has 1 N–H and O–H groups in total. The molecule has 0 aliphatic carbocycles. The SMILES string of the molecule is Cc1nc2cc(NC(=O)N3CCCC3c3cccc4c3OCCO4)ccc2o1. The Labute approximate surface area is 162 Å². The van der Waals surface area contributed by atoms with Crippen molar-refractivity contribution in [3.8, 4) is 11.5 Å². The third-order valence-corrected chi connectivity index (χ3v) is 5.22. The van der Waals surface area contributed by atoms with Gasteiger partial charge in [0.2, 0.25) is 0 Å². The van der Waals surface area contributed by atoms with Crippen LogP contribution in [-0.2, 0) is 0 Å². The summed E-state index contributed by atoms with van der Waals surface area (Å²) in [7, 11) is 0.